The van der Waals surface area contributed by atoms with Crippen molar-refractivity contribution in [2.45, 2.75) is 30.5 Å². The second-order valence-corrected chi connectivity index (χ2v) is 6.02. The van der Waals surface area contributed by atoms with E-state index in [1.54, 1.807) is 0 Å². The first-order chi connectivity index (χ1) is 9.41. The molecule has 1 aliphatic rings. The molecule has 4 atom stereocenters. The number of aliphatic hydroxyl groups is 1. The van der Waals surface area contributed by atoms with E-state index in [9.17, 15) is 23.8 Å². The molecule has 1 aromatic heterocycles. The van der Waals surface area contributed by atoms with Gasteiger partial charge in [-0.2, -0.15) is 0 Å². The van der Waals surface area contributed by atoms with Gasteiger partial charge in [-0.25, -0.2) is 4.79 Å². The van der Waals surface area contributed by atoms with E-state index in [2.05, 4.69) is 0 Å². The molecule has 0 bridgehead atoms. The molecule has 2 heterocycles. The number of nitrogens with zero attached hydrogens (tertiary/aromatic N) is 1. The second kappa shape index (κ2) is 5.66. The van der Waals surface area contributed by atoms with Gasteiger partial charge in [0.05, 0.1) is 17.9 Å². The summed E-state index contributed by atoms with van der Waals surface area (Å²) in [7, 11) is -0.583. The molecule has 1 saturated heterocycles. The summed E-state index contributed by atoms with van der Waals surface area (Å²) in [5, 5.41) is 10.5. The summed E-state index contributed by atoms with van der Waals surface area (Å²) in [4.78, 5) is 24.8. The SMILES string of the molecule is C[C@]1(O)[C@H](P=O)[C@@H](CP=O)O[C@H]1n1ccc(=O)[nH]c1=O. The lowest BCUT2D eigenvalue weighted by Crippen LogP contribution is -2.44. The number of hydrogen-bond acceptors (Lipinski definition) is 6. The van der Waals surface area contributed by atoms with E-state index in [1.807, 2.05) is 4.98 Å². The fourth-order valence-corrected chi connectivity index (χ4v) is 3.51. The molecule has 0 aromatic carbocycles. The molecule has 1 aromatic rings. The number of hydrogen-bond donors (Lipinski definition) is 2. The van der Waals surface area contributed by atoms with Gasteiger partial charge in [0.2, 0.25) is 0 Å². The summed E-state index contributed by atoms with van der Waals surface area (Å²) in [6.07, 6.45) is -0.613. The van der Waals surface area contributed by atoms with Gasteiger partial charge in [-0.05, 0) is 6.92 Å². The maximum absolute atomic E-state index is 11.7. The zero-order chi connectivity index (χ0) is 14.9. The molecule has 1 aliphatic heterocycles. The average Bonchev–Trinajstić information content (AvgIpc) is 2.61. The van der Waals surface area contributed by atoms with Crippen molar-refractivity contribution in [1.29, 1.82) is 0 Å². The first-order valence-electron chi connectivity index (χ1n) is 5.72. The van der Waals surface area contributed by atoms with E-state index in [4.69, 9.17) is 4.74 Å². The van der Waals surface area contributed by atoms with Crippen LogP contribution in [0, 0.1) is 0 Å². The Labute approximate surface area is 116 Å². The highest BCUT2D eigenvalue weighted by atomic mass is 31.1. The monoisotopic (exact) mass is 318 g/mol. The zero-order valence-corrected chi connectivity index (χ0v) is 12.2. The minimum absolute atomic E-state index is 0.0463. The summed E-state index contributed by atoms with van der Waals surface area (Å²) in [6, 6.07) is 1.12. The molecule has 2 rings (SSSR count). The fraction of sp³-hybridized carbons (Fsp3) is 0.600. The molecule has 0 spiro atoms. The molecular formula is C10H12N2O6P2. The number of nitrogens with one attached hydrogen (secondary N) is 1. The summed E-state index contributed by atoms with van der Waals surface area (Å²) >= 11 is 0. The predicted octanol–water partition coefficient (Wildman–Crippen LogP) is 0.137. The van der Waals surface area contributed by atoms with Crippen LogP contribution in [-0.4, -0.2) is 38.2 Å². The van der Waals surface area contributed by atoms with E-state index in [1.165, 1.54) is 13.1 Å². The Bertz CT molecular complexity index is 639. The fourth-order valence-electron chi connectivity index (χ4n) is 2.25. The normalized spacial score (nSPS) is 33.8. The highest BCUT2D eigenvalue weighted by molar-refractivity contribution is 7.26. The van der Waals surface area contributed by atoms with Crippen LogP contribution in [0.2, 0.25) is 0 Å². The van der Waals surface area contributed by atoms with Crippen LogP contribution < -0.4 is 11.2 Å². The Morgan fingerprint density at radius 1 is 1.50 bits per heavy atom. The lowest BCUT2D eigenvalue weighted by molar-refractivity contribution is -0.0803. The largest absolute Gasteiger partial charge is 0.384 e. The highest BCUT2D eigenvalue weighted by Gasteiger charge is 2.54. The zero-order valence-electron chi connectivity index (χ0n) is 10.4. The van der Waals surface area contributed by atoms with Crippen molar-refractivity contribution in [3.8, 4) is 0 Å². The average molecular weight is 318 g/mol. The molecule has 1 fully saturated rings. The van der Waals surface area contributed by atoms with Crippen LogP contribution in [0.3, 0.4) is 0 Å². The topological polar surface area (TPSA) is 118 Å². The number of ether oxygens (including phenoxy) is 1. The first kappa shape index (κ1) is 15.2. The standard InChI is InChI=1S/C10H12N2O6P2/c1-10(15)7(20-17)5(4-19-16)18-8(10)12-3-2-6(13)11-9(12)14/h2-3,5,7-8,15H,4H2,1H3,(H,11,13,14)/t5-,7-,8-,10+/m1/s1. The molecule has 0 unspecified atom stereocenters. The quantitative estimate of drug-likeness (QED) is 0.762. The van der Waals surface area contributed by atoms with Crippen LogP contribution in [0.15, 0.2) is 21.9 Å². The van der Waals surface area contributed by atoms with Crippen LogP contribution in [0.4, 0.5) is 0 Å². The van der Waals surface area contributed by atoms with E-state index >= 15 is 0 Å². The third-order valence-electron chi connectivity index (χ3n) is 3.23. The van der Waals surface area contributed by atoms with Crippen molar-refractivity contribution in [2.75, 3.05) is 6.16 Å². The third-order valence-corrected chi connectivity index (χ3v) is 4.82. The molecular weight excluding hydrogens is 306 g/mol. The van der Waals surface area contributed by atoms with Crippen LogP contribution in [0.5, 0.6) is 0 Å². The van der Waals surface area contributed by atoms with Crippen molar-refractivity contribution in [3.05, 3.63) is 33.1 Å². The molecule has 10 heteroatoms. The Morgan fingerprint density at radius 2 is 2.20 bits per heavy atom. The maximum atomic E-state index is 11.7. The highest BCUT2D eigenvalue weighted by Crippen LogP contribution is 2.43. The van der Waals surface area contributed by atoms with Crippen molar-refractivity contribution in [1.82, 2.24) is 9.55 Å². The Hall–Kier alpha value is -1.20. The number of aromatic amines is 1. The number of rotatable bonds is 4. The van der Waals surface area contributed by atoms with Crippen LogP contribution in [0.25, 0.3) is 0 Å². The van der Waals surface area contributed by atoms with Crippen LogP contribution in [-0.2, 0) is 13.9 Å². The van der Waals surface area contributed by atoms with Gasteiger partial charge in [-0.1, -0.05) is 0 Å². The van der Waals surface area contributed by atoms with E-state index in [0.717, 1.165) is 10.6 Å². The van der Waals surface area contributed by atoms with E-state index in [0.29, 0.717) is 0 Å². The molecule has 0 saturated carbocycles. The van der Waals surface area contributed by atoms with E-state index in [-0.39, 0.29) is 23.1 Å². The third kappa shape index (κ3) is 2.52. The van der Waals surface area contributed by atoms with Gasteiger partial charge in [0.1, 0.15) is 5.60 Å². The maximum Gasteiger partial charge on any atom is 0.330 e. The first-order valence-corrected chi connectivity index (χ1v) is 7.60. The summed E-state index contributed by atoms with van der Waals surface area (Å²) < 4.78 is 28.5. The molecule has 8 nitrogen and oxygen atoms in total. The summed E-state index contributed by atoms with van der Waals surface area (Å²) in [5.74, 6) is 0. The smallest absolute Gasteiger partial charge is 0.330 e. The Balaban J connectivity index is 2.46. The molecule has 0 amide bonds. The molecule has 2 N–H and O–H groups in total. The second-order valence-electron chi connectivity index (χ2n) is 4.63. The van der Waals surface area contributed by atoms with Gasteiger partial charge in [0.25, 0.3) is 5.56 Å². The van der Waals surface area contributed by atoms with Gasteiger partial charge >= 0.3 is 5.69 Å². The molecule has 0 radical (unpaired) electrons. The van der Waals surface area contributed by atoms with Crippen LogP contribution in [0.1, 0.15) is 13.2 Å². The Kier molecular flexibility index (Phi) is 4.30. The minimum Gasteiger partial charge on any atom is -0.384 e. The summed E-state index contributed by atoms with van der Waals surface area (Å²) in [6.45, 7) is 1.38. The van der Waals surface area contributed by atoms with Crippen molar-refractivity contribution in [3.63, 3.8) is 0 Å². The molecule has 108 valence electrons. The number of H-pyrrole nitrogens is 1. The lowest BCUT2D eigenvalue weighted by Gasteiger charge is -2.27. The molecule has 20 heavy (non-hydrogen) atoms. The van der Waals surface area contributed by atoms with Gasteiger partial charge in [-0.3, -0.25) is 23.5 Å². The van der Waals surface area contributed by atoms with Crippen LogP contribution >= 0.6 is 16.9 Å². The van der Waals surface area contributed by atoms with Crippen molar-refractivity contribution in [2.24, 2.45) is 0 Å². The van der Waals surface area contributed by atoms with Gasteiger partial charge in [-0.15, -0.1) is 0 Å². The van der Waals surface area contributed by atoms with Gasteiger partial charge in [0, 0.05) is 12.3 Å². The van der Waals surface area contributed by atoms with Crippen molar-refractivity contribution < 1.29 is 19.0 Å². The molecule has 0 aliphatic carbocycles. The lowest BCUT2D eigenvalue weighted by atomic mass is 10.00. The van der Waals surface area contributed by atoms with Gasteiger partial charge in [0.15, 0.2) is 23.1 Å². The number of aromatic nitrogens is 2. The van der Waals surface area contributed by atoms with Gasteiger partial charge < -0.3 is 9.84 Å². The summed E-state index contributed by atoms with van der Waals surface area (Å²) in [5.41, 5.74) is -3.75. The Morgan fingerprint density at radius 3 is 2.75 bits per heavy atom. The predicted molar refractivity (Wildman–Crippen MR) is 69.7 cm³/mol. The van der Waals surface area contributed by atoms with Crippen molar-refractivity contribution >= 4 is 16.9 Å². The van der Waals surface area contributed by atoms with E-state index < -0.39 is 34.8 Å². The minimum atomic E-state index is -1.61.